The highest BCUT2D eigenvalue weighted by Crippen LogP contribution is 2.16. The number of imide groups is 1. The number of hydrogen-bond donors (Lipinski definition) is 3. The first kappa shape index (κ1) is 16.9. The number of carbonyl (C=O) groups is 4. The highest BCUT2D eigenvalue weighted by atomic mass is 16.4. The fraction of sp³-hybridized carbons (Fsp3) is 0.692. The summed E-state index contributed by atoms with van der Waals surface area (Å²) in [6.07, 6.45) is 0.949. The number of amides is 4. The molecular weight excluding hydrogens is 278 g/mol. The second kappa shape index (κ2) is 7.05. The minimum atomic E-state index is -0.898. The molecule has 0 aromatic rings. The molecule has 1 fully saturated rings. The Morgan fingerprint density at radius 1 is 1.24 bits per heavy atom. The molecule has 0 aromatic carbocycles. The van der Waals surface area contributed by atoms with E-state index in [0.717, 1.165) is 4.90 Å². The monoisotopic (exact) mass is 299 g/mol. The van der Waals surface area contributed by atoms with E-state index in [-0.39, 0.29) is 31.2 Å². The lowest BCUT2D eigenvalue weighted by atomic mass is 10.1. The zero-order valence-electron chi connectivity index (χ0n) is 12.3. The van der Waals surface area contributed by atoms with Gasteiger partial charge in [-0.15, -0.1) is 0 Å². The average Bonchev–Trinajstić information content (AvgIpc) is 2.56. The third-order valence-electron chi connectivity index (χ3n) is 3.12. The standard InChI is InChI=1S/C13H21N3O5/c1-13(2)11(20)16(12(21)15-13)8-4-5-9(17)14-7-3-6-10(18)19/h3-8H2,1-2H3,(H,14,17)(H,15,21)(H,18,19). The Kier molecular flexibility index (Phi) is 5.69. The molecule has 8 heteroatoms. The van der Waals surface area contributed by atoms with Crippen molar-refractivity contribution in [3.63, 3.8) is 0 Å². The molecule has 3 N–H and O–H groups in total. The third kappa shape index (κ3) is 5.05. The van der Waals surface area contributed by atoms with E-state index in [4.69, 9.17) is 5.11 Å². The van der Waals surface area contributed by atoms with Gasteiger partial charge in [-0.3, -0.25) is 19.3 Å². The Labute approximate surface area is 122 Å². The number of nitrogens with zero attached hydrogens (tertiary/aromatic N) is 1. The first-order valence-corrected chi connectivity index (χ1v) is 6.86. The number of hydrogen-bond acceptors (Lipinski definition) is 4. The SMILES string of the molecule is CC1(C)NC(=O)N(CCCC(=O)NCCCC(=O)O)C1=O. The van der Waals surface area contributed by atoms with E-state index in [9.17, 15) is 19.2 Å². The maximum absolute atomic E-state index is 11.9. The largest absolute Gasteiger partial charge is 0.481 e. The molecule has 0 aromatic heterocycles. The molecule has 0 spiro atoms. The number of carbonyl (C=O) groups excluding carboxylic acids is 3. The first-order chi connectivity index (χ1) is 9.74. The van der Waals surface area contributed by atoms with Gasteiger partial charge in [-0.05, 0) is 26.7 Å². The van der Waals surface area contributed by atoms with Crippen LogP contribution in [0.2, 0.25) is 0 Å². The normalized spacial score (nSPS) is 16.8. The molecule has 1 aliphatic heterocycles. The fourth-order valence-corrected chi connectivity index (χ4v) is 1.97. The molecule has 118 valence electrons. The van der Waals surface area contributed by atoms with Crippen molar-refractivity contribution in [2.24, 2.45) is 0 Å². The molecule has 21 heavy (non-hydrogen) atoms. The zero-order valence-corrected chi connectivity index (χ0v) is 12.3. The van der Waals surface area contributed by atoms with Crippen molar-refractivity contribution < 1.29 is 24.3 Å². The van der Waals surface area contributed by atoms with Crippen LogP contribution in [0.5, 0.6) is 0 Å². The first-order valence-electron chi connectivity index (χ1n) is 6.86. The van der Waals surface area contributed by atoms with Crippen molar-refractivity contribution in [2.75, 3.05) is 13.1 Å². The van der Waals surface area contributed by atoms with Gasteiger partial charge >= 0.3 is 12.0 Å². The van der Waals surface area contributed by atoms with Crippen LogP contribution in [0.1, 0.15) is 39.5 Å². The van der Waals surface area contributed by atoms with Crippen molar-refractivity contribution in [2.45, 2.75) is 45.1 Å². The van der Waals surface area contributed by atoms with Gasteiger partial charge in [-0.25, -0.2) is 4.79 Å². The quantitative estimate of drug-likeness (QED) is 0.433. The molecule has 0 radical (unpaired) electrons. The molecule has 4 amide bonds. The Balaban J connectivity index is 2.22. The Morgan fingerprint density at radius 2 is 1.90 bits per heavy atom. The molecule has 0 aliphatic carbocycles. The molecule has 8 nitrogen and oxygen atoms in total. The second-order valence-electron chi connectivity index (χ2n) is 5.46. The van der Waals surface area contributed by atoms with Gasteiger partial charge in [0.25, 0.3) is 5.91 Å². The lowest BCUT2D eigenvalue weighted by Crippen LogP contribution is -2.40. The van der Waals surface area contributed by atoms with Gasteiger partial charge in [0.15, 0.2) is 0 Å². The predicted molar refractivity (Wildman–Crippen MR) is 73.4 cm³/mol. The number of aliphatic carboxylic acids is 1. The van der Waals surface area contributed by atoms with E-state index in [1.807, 2.05) is 0 Å². The van der Waals surface area contributed by atoms with Crippen LogP contribution < -0.4 is 10.6 Å². The van der Waals surface area contributed by atoms with Gasteiger partial charge in [-0.1, -0.05) is 0 Å². The van der Waals surface area contributed by atoms with Gasteiger partial charge in [0, 0.05) is 25.9 Å². The topological polar surface area (TPSA) is 116 Å². The number of nitrogens with one attached hydrogen (secondary N) is 2. The van der Waals surface area contributed by atoms with Crippen LogP contribution in [-0.4, -0.2) is 52.4 Å². The molecule has 0 saturated carbocycles. The number of urea groups is 1. The maximum Gasteiger partial charge on any atom is 0.325 e. The summed E-state index contributed by atoms with van der Waals surface area (Å²) in [6, 6.07) is -0.438. The van der Waals surface area contributed by atoms with Crippen LogP contribution >= 0.6 is 0 Å². The zero-order chi connectivity index (χ0) is 16.0. The van der Waals surface area contributed by atoms with E-state index >= 15 is 0 Å². The number of carboxylic acids is 1. The summed E-state index contributed by atoms with van der Waals surface area (Å²) in [6.45, 7) is 3.75. The van der Waals surface area contributed by atoms with E-state index in [0.29, 0.717) is 19.4 Å². The predicted octanol–water partition coefficient (Wildman–Crippen LogP) is 0.0780. The second-order valence-corrected chi connectivity index (χ2v) is 5.46. The summed E-state index contributed by atoms with van der Waals surface area (Å²) in [4.78, 5) is 46.4. The molecule has 1 saturated heterocycles. The van der Waals surface area contributed by atoms with Crippen molar-refractivity contribution in [1.82, 2.24) is 15.5 Å². The van der Waals surface area contributed by atoms with Crippen molar-refractivity contribution in [3.8, 4) is 0 Å². The minimum absolute atomic E-state index is 0.0117. The minimum Gasteiger partial charge on any atom is -0.481 e. The smallest absolute Gasteiger partial charge is 0.325 e. The molecule has 0 bridgehead atoms. The third-order valence-corrected chi connectivity index (χ3v) is 3.12. The number of carboxylic acid groups (broad SMARTS) is 1. The van der Waals surface area contributed by atoms with Crippen molar-refractivity contribution >= 4 is 23.8 Å². The molecule has 0 atom stereocenters. The van der Waals surface area contributed by atoms with Crippen LogP contribution in [0, 0.1) is 0 Å². The van der Waals surface area contributed by atoms with E-state index in [1.165, 1.54) is 0 Å². The van der Waals surface area contributed by atoms with E-state index in [1.54, 1.807) is 13.8 Å². The van der Waals surface area contributed by atoms with E-state index < -0.39 is 17.5 Å². The van der Waals surface area contributed by atoms with Crippen LogP contribution in [0.15, 0.2) is 0 Å². The van der Waals surface area contributed by atoms with Crippen LogP contribution in [0.4, 0.5) is 4.79 Å². The summed E-state index contributed by atoms with van der Waals surface area (Å²) < 4.78 is 0. The molecular formula is C13H21N3O5. The fourth-order valence-electron chi connectivity index (χ4n) is 1.97. The lowest BCUT2D eigenvalue weighted by Gasteiger charge is -2.15. The van der Waals surface area contributed by atoms with Crippen LogP contribution in [-0.2, 0) is 14.4 Å². The maximum atomic E-state index is 11.9. The summed E-state index contributed by atoms with van der Waals surface area (Å²) in [5.41, 5.74) is -0.893. The van der Waals surface area contributed by atoms with Crippen molar-refractivity contribution in [3.05, 3.63) is 0 Å². The molecule has 1 aliphatic rings. The lowest BCUT2D eigenvalue weighted by molar-refractivity contribution is -0.137. The average molecular weight is 299 g/mol. The van der Waals surface area contributed by atoms with Gasteiger partial charge in [0.05, 0.1) is 0 Å². The highest BCUT2D eigenvalue weighted by molar-refractivity contribution is 6.06. The van der Waals surface area contributed by atoms with Gasteiger partial charge in [0.2, 0.25) is 5.91 Å². The molecule has 1 heterocycles. The van der Waals surface area contributed by atoms with Crippen molar-refractivity contribution in [1.29, 1.82) is 0 Å². The summed E-state index contributed by atoms with van der Waals surface area (Å²) in [7, 11) is 0. The van der Waals surface area contributed by atoms with E-state index in [2.05, 4.69) is 10.6 Å². The Hall–Kier alpha value is -2.12. The Morgan fingerprint density at radius 3 is 2.43 bits per heavy atom. The van der Waals surface area contributed by atoms with Crippen LogP contribution in [0.3, 0.4) is 0 Å². The molecule has 1 rings (SSSR count). The highest BCUT2D eigenvalue weighted by Gasteiger charge is 2.43. The number of rotatable bonds is 8. The Bertz CT molecular complexity index is 447. The van der Waals surface area contributed by atoms with Gasteiger partial charge in [0.1, 0.15) is 5.54 Å². The summed E-state index contributed by atoms with van der Waals surface area (Å²) >= 11 is 0. The molecule has 0 unspecified atom stereocenters. The van der Waals surface area contributed by atoms with Gasteiger partial charge < -0.3 is 15.7 Å². The summed E-state index contributed by atoms with van der Waals surface area (Å²) in [5, 5.41) is 13.6. The van der Waals surface area contributed by atoms with Crippen LogP contribution in [0.25, 0.3) is 0 Å². The van der Waals surface area contributed by atoms with Gasteiger partial charge in [-0.2, -0.15) is 0 Å². The summed E-state index contributed by atoms with van der Waals surface area (Å²) in [5.74, 6) is -1.41.